The van der Waals surface area contributed by atoms with Gasteiger partial charge in [0.15, 0.2) is 0 Å². The van der Waals surface area contributed by atoms with Gasteiger partial charge in [-0.2, -0.15) is 5.10 Å². The van der Waals surface area contributed by atoms with Crippen LogP contribution in [-0.4, -0.2) is 22.0 Å². The number of hydrogen-bond acceptors (Lipinski definition) is 3. The lowest BCUT2D eigenvalue weighted by atomic mass is 10.0. The van der Waals surface area contributed by atoms with Crippen LogP contribution in [0.25, 0.3) is 11.3 Å². The van der Waals surface area contributed by atoms with E-state index in [4.69, 9.17) is 0 Å². The fraction of sp³-hybridized carbons (Fsp3) is 0.312. The number of rotatable bonds is 2. The van der Waals surface area contributed by atoms with Crippen LogP contribution >= 0.6 is 0 Å². The lowest BCUT2D eigenvalue weighted by molar-refractivity contribution is -0.125. The number of fused-ring (bicyclic) bond motifs is 1. The molecule has 1 aromatic heterocycles. The van der Waals surface area contributed by atoms with E-state index in [2.05, 4.69) is 10.2 Å². The number of anilines is 1. The molecule has 106 valence electrons. The molecule has 2 aliphatic rings. The summed E-state index contributed by atoms with van der Waals surface area (Å²) in [6.07, 6.45) is 1.67. The molecule has 2 heterocycles. The maximum absolute atomic E-state index is 12.5. The van der Waals surface area contributed by atoms with Crippen LogP contribution in [0.1, 0.15) is 13.8 Å². The largest absolute Gasteiger partial charge is 0.278 e. The van der Waals surface area contributed by atoms with E-state index in [1.54, 1.807) is 12.3 Å². The summed E-state index contributed by atoms with van der Waals surface area (Å²) in [4.78, 5) is 26.2. The summed E-state index contributed by atoms with van der Waals surface area (Å²) in [6.45, 7) is 3.97. The van der Waals surface area contributed by atoms with Crippen molar-refractivity contribution in [2.75, 3.05) is 4.90 Å². The number of hydrogen-bond donors (Lipinski definition) is 1. The van der Waals surface area contributed by atoms with Gasteiger partial charge in [-0.1, -0.05) is 26.0 Å². The van der Waals surface area contributed by atoms with Gasteiger partial charge in [-0.3, -0.25) is 14.7 Å². The molecule has 0 spiro atoms. The third-order valence-corrected chi connectivity index (χ3v) is 4.72. The molecule has 0 radical (unpaired) electrons. The van der Waals surface area contributed by atoms with Crippen LogP contribution in [0.3, 0.4) is 0 Å². The highest BCUT2D eigenvalue weighted by atomic mass is 16.2. The van der Waals surface area contributed by atoms with E-state index in [9.17, 15) is 9.59 Å². The molecular formula is C16H15N3O2. The van der Waals surface area contributed by atoms with Crippen molar-refractivity contribution in [1.82, 2.24) is 10.2 Å². The molecule has 2 aromatic rings. The molecule has 0 bridgehead atoms. The maximum Gasteiger partial charge on any atom is 0.238 e. The summed E-state index contributed by atoms with van der Waals surface area (Å²) in [7, 11) is 0. The second-order valence-corrected chi connectivity index (χ2v) is 6.31. The van der Waals surface area contributed by atoms with E-state index in [0.29, 0.717) is 5.69 Å². The maximum atomic E-state index is 12.5. The highest BCUT2D eigenvalue weighted by molar-refractivity contribution is 6.25. The van der Waals surface area contributed by atoms with E-state index in [-0.39, 0.29) is 29.1 Å². The third-order valence-electron chi connectivity index (χ3n) is 4.72. The monoisotopic (exact) mass is 281 g/mol. The molecule has 21 heavy (non-hydrogen) atoms. The molecule has 1 N–H and O–H groups in total. The Morgan fingerprint density at radius 2 is 1.86 bits per heavy atom. The van der Waals surface area contributed by atoms with Crippen LogP contribution in [0.5, 0.6) is 0 Å². The number of aromatic nitrogens is 2. The quantitative estimate of drug-likeness (QED) is 0.858. The molecule has 1 aromatic carbocycles. The van der Waals surface area contributed by atoms with Gasteiger partial charge in [0.05, 0.1) is 23.2 Å². The minimum absolute atomic E-state index is 0.0724. The normalized spacial score (nSPS) is 26.1. The molecule has 2 amide bonds. The zero-order valence-corrected chi connectivity index (χ0v) is 11.8. The first-order valence-electron chi connectivity index (χ1n) is 6.99. The number of piperidine rings is 1. The zero-order valence-electron chi connectivity index (χ0n) is 11.8. The molecule has 2 fully saturated rings. The van der Waals surface area contributed by atoms with E-state index in [1.807, 2.05) is 38.1 Å². The number of benzene rings is 1. The first-order valence-corrected chi connectivity index (χ1v) is 6.99. The summed E-state index contributed by atoms with van der Waals surface area (Å²) in [6, 6.07) is 9.27. The van der Waals surface area contributed by atoms with Gasteiger partial charge in [-0.05, 0) is 23.6 Å². The SMILES string of the molecule is CC1(C)C2C(=O)N(c3cccc(-c4ccn[nH]4)c3)C(=O)C21. The van der Waals surface area contributed by atoms with Gasteiger partial charge in [-0.15, -0.1) is 0 Å². The minimum atomic E-state index is -0.175. The van der Waals surface area contributed by atoms with Crippen LogP contribution in [0.15, 0.2) is 36.5 Å². The van der Waals surface area contributed by atoms with Gasteiger partial charge in [-0.25, -0.2) is 4.90 Å². The average molecular weight is 281 g/mol. The second kappa shape index (κ2) is 3.81. The van der Waals surface area contributed by atoms with Gasteiger partial charge >= 0.3 is 0 Å². The molecule has 2 atom stereocenters. The molecule has 4 rings (SSSR count). The van der Waals surface area contributed by atoms with Crippen molar-refractivity contribution in [3.05, 3.63) is 36.5 Å². The smallest absolute Gasteiger partial charge is 0.238 e. The second-order valence-electron chi connectivity index (χ2n) is 6.31. The zero-order chi connectivity index (χ0) is 14.8. The fourth-order valence-corrected chi connectivity index (χ4v) is 3.43. The molecule has 5 nitrogen and oxygen atoms in total. The Kier molecular flexibility index (Phi) is 2.24. The standard InChI is InChI=1S/C16H15N3O2/c1-16(2)12-13(16)15(21)19(14(12)20)10-5-3-4-9(8-10)11-6-7-17-18-11/h3-8,12-13H,1-2H3,(H,17,18). The topological polar surface area (TPSA) is 66.1 Å². The van der Waals surface area contributed by atoms with Gasteiger partial charge in [0.1, 0.15) is 0 Å². The van der Waals surface area contributed by atoms with Crippen LogP contribution in [0, 0.1) is 17.3 Å². The molecule has 1 saturated carbocycles. The van der Waals surface area contributed by atoms with Gasteiger partial charge < -0.3 is 0 Å². The van der Waals surface area contributed by atoms with Crippen LogP contribution in [0.4, 0.5) is 5.69 Å². The number of aromatic amines is 1. The Bertz CT molecular complexity index is 725. The number of nitrogens with one attached hydrogen (secondary N) is 1. The van der Waals surface area contributed by atoms with E-state index < -0.39 is 0 Å². The van der Waals surface area contributed by atoms with Gasteiger partial charge in [0.2, 0.25) is 11.8 Å². The predicted octanol–water partition coefficient (Wildman–Crippen LogP) is 2.22. The molecule has 1 aliphatic carbocycles. The number of amides is 2. The Morgan fingerprint density at radius 1 is 1.14 bits per heavy atom. The molecular weight excluding hydrogens is 266 g/mol. The van der Waals surface area contributed by atoms with Gasteiger partial charge in [0, 0.05) is 11.8 Å². The first kappa shape index (κ1) is 12.3. The van der Waals surface area contributed by atoms with Crippen LogP contribution in [0.2, 0.25) is 0 Å². The lowest BCUT2D eigenvalue weighted by Gasteiger charge is -2.21. The van der Waals surface area contributed by atoms with Crippen molar-refractivity contribution in [3.8, 4) is 11.3 Å². The minimum Gasteiger partial charge on any atom is -0.278 e. The van der Waals surface area contributed by atoms with E-state index >= 15 is 0 Å². The van der Waals surface area contributed by atoms with Crippen molar-refractivity contribution < 1.29 is 9.59 Å². The van der Waals surface area contributed by atoms with Crippen molar-refractivity contribution in [2.45, 2.75) is 13.8 Å². The predicted molar refractivity (Wildman–Crippen MR) is 77.3 cm³/mol. The van der Waals surface area contributed by atoms with Gasteiger partial charge in [0.25, 0.3) is 0 Å². The Morgan fingerprint density at radius 3 is 2.48 bits per heavy atom. The van der Waals surface area contributed by atoms with Crippen molar-refractivity contribution in [3.63, 3.8) is 0 Å². The molecule has 1 aliphatic heterocycles. The number of H-pyrrole nitrogens is 1. The number of imide groups is 1. The molecule has 2 unspecified atom stereocenters. The average Bonchev–Trinajstić information content (AvgIpc) is 2.85. The lowest BCUT2D eigenvalue weighted by Crippen LogP contribution is -2.36. The van der Waals surface area contributed by atoms with Crippen molar-refractivity contribution in [1.29, 1.82) is 0 Å². The Balaban J connectivity index is 1.71. The van der Waals surface area contributed by atoms with Crippen LogP contribution in [-0.2, 0) is 9.59 Å². The highest BCUT2D eigenvalue weighted by Crippen LogP contribution is 2.63. The summed E-state index contributed by atoms with van der Waals surface area (Å²) in [5.74, 6) is -0.449. The summed E-state index contributed by atoms with van der Waals surface area (Å²) >= 11 is 0. The molecule has 5 heteroatoms. The summed E-state index contributed by atoms with van der Waals surface area (Å²) in [5.41, 5.74) is 2.23. The third kappa shape index (κ3) is 1.54. The fourth-order valence-electron chi connectivity index (χ4n) is 3.43. The molecule has 1 saturated heterocycles. The van der Waals surface area contributed by atoms with E-state index in [0.717, 1.165) is 11.3 Å². The van der Waals surface area contributed by atoms with Crippen molar-refractivity contribution >= 4 is 17.5 Å². The summed E-state index contributed by atoms with van der Waals surface area (Å²) in [5, 5.41) is 6.81. The van der Waals surface area contributed by atoms with E-state index in [1.165, 1.54) is 4.90 Å². The number of nitrogens with zero attached hydrogens (tertiary/aromatic N) is 2. The Labute approximate surface area is 122 Å². The number of carbonyl (C=O) groups excluding carboxylic acids is 2. The first-order chi connectivity index (χ1) is 10.0. The number of carbonyl (C=O) groups is 2. The van der Waals surface area contributed by atoms with Crippen molar-refractivity contribution in [2.24, 2.45) is 17.3 Å². The Hall–Kier alpha value is -2.43. The summed E-state index contributed by atoms with van der Waals surface area (Å²) < 4.78 is 0. The highest BCUT2D eigenvalue weighted by Gasteiger charge is 2.72. The van der Waals surface area contributed by atoms with Crippen LogP contribution < -0.4 is 4.90 Å².